The normalized spacial score (nSPS) is 18.3. The zero-order chi connectivity index (χ0) is 64.3. The average molecular weight is 1230 g/mol. The molecule has 0 aliphatic carbocycles. The van der Waals surface area contributed by atoms with Gasteiger partial charge in [-0.3, -0.25) is 57.7 Å². The number of guanidine groups is 1. The predicted molar refractivity (Wildman–Crippen MR) is 325 cm³/mol. The molecule has 0 spiro atoms. The highest BCUT2D eigenvalue weighted by molar-refractivity contribution is 6.00. The zero-order valence-corrected chi connectivity index (χ0v) is 49.8. The molecule has 17 N–H and O–H groups in total. The van der Waals surface area contributed by atoms with E-state index in [0.717, 1.165) is 0 Å². The molecular weight excluding hydrogens is 1150 g/mol. The van der Waals surface area contributed by atoms with Crippen LogP contribution in [0.3, 0.4) is 0 Å². The van der Waals surface area contributed by atoms with Crippen molar-refractivity contribution >= 4 is 81.8 Å². The molecular formula is C61H81N15O13. The van der Waals surface area contributed by atoms with Gasteiger partial charge < -0.3 is 84.7 Å². The summed E-state index contributed by atoms with van der Waals surface area (Å²) in [6.45, 7) is 2.55. The Hall–Kier alpha value is -9.60. The molecule has 4 aromatic rings. The largest absolute Gasteiger partial charge is 0.508 e. The fraction of sp³-hybridized carbons (Fsp3) is 0.475. The van der Waals surface area contributed by atoms with Gasteiger partial charge in [-0.05, 0) is 92.2 Å². The number of nitrogens with one attached hydrogen (secondary N) is 9. The van der Waals surface area contributed by atoms with Gasteiger partial charge in [0, 0.05) is 62.4 Å². The summed E-state index contributed by atoms with van der Waals surface area (Å²) in [5, 5.41) is 42.9. The number of phenols is 1. The second kappa shape index (κ2) is 31.9. The number of carbonyl (C=O) groups is 11. The van der Waals surface area contributed by atoms with Crippen molar-refractivity contribution in [2.24, 2.45) is 28.1 Å². The van der Waals surface area contributed by atoms with Gasteiger partial charge in [-0.25, -0.2) is 0 Å². The van der Waals surface area contributed by atoms with Gasteiger partial charge in [0.25, 0.3) is 0 Å². The highest BCUT2D eigenvalue weighted by Crippen LogP contribution is 2.24. The number of carbonyl (C=O) groups excluding carboxylic acids is 11. The van der Waals surface area contributed by atoms with Crippen LogP contribution in [-0.2, 0) is 72.0 Å². The fourth-order valence-electron chi connectivity index (χ4n) is 11.3. The Morgan fingerprint density at radius 2 is 1.18 bits per heavy atom. The number of likely N-dealkylation sites (tertiary alicyclic amines) is 2. The van der Waals surface area contributed by atoms with Gasteiger partial charge >= 0.3 is 0 Å². The van der Waals surface area contributed by atoms with Gasteiger partial charge in [-0.15, -0.1) is 0 Å². The van der Waals surface area contributed by atoms with E-state index < -0.39 is 127 Å². The van der Waals surface area contributed by atoms with E-state index in [0.29, 0.717) is 40.4 Å². The molecule has 3 aliphatic rings. The Bertz CT molecular complexity index is 3230. The fourth-order valence-corrected chi connectivity index (χ4v) is 11.3. The van der Waals surface area contributed by atoms with Gasteiger partial charge in [0.1, 0.15) is 60.1 Å². The number of hydrogen-bond acceptors (Lipinski definition) is 14. The van der Waals surface area contributed by atoms with Gasteiger partial charge in [-0.1, -0.05) is 74.5 Å². The van der Waals surface area contributed by atoms with E-state index in [9.17, 15) is 63.0 Å². The van der Waals surface area contributed by atoms with Crippen LogP contribution in [0.25, 0.3) is 10.9 Å². The van der Waals surface area contributed by atoms with Crippen molar-refractivity contribution in [1.29, 1.82) is 0 Å². The summed E-state index contributed by atoms with van der Waals surface area (Å²) in [7, 11) is 0. The number of aliphatic imine (C=N–C) groups is 1. The van der Waals surface area contributed by atoms with Crippen molar-refractivity contribution in [3.8, 4) is 5.75 Å². The maximum atomic E-state index is 15.0. The van der Waals surface area contributed by atoms with E-state index in [1.807, 2.05) is 19.9 Å². The number of hydrogen-bond donors (Lipinski definition) is 14. The number of aliphatic hydroxyl groups is 1. The lowest BCUT2D eigenvalue weighted by Gasteiger charge is -2.31. The highest BCUT2D eigenvalue weighted by Gasteiger charge is 2.42. The van der Waals surface area contributed by atoms with Crippen LogP contribution in [0.15, 0.2) is 90.1 Å². The van der Waals surface area contributed by atoms with Crippen LogP contribution in [-0.4, -0.2) is 183 Å². The topological polar surface area (TPSA) is 437 Å². The lowest BCUT2D eigenvalue weighted by molar-refractivity contribution is -0.142. The molecule has 3 aromatic carbocycles. The molecule has 28 nitrogen and oxygen atoms in total. The number of phenolic OH excluding ortho intramolecular Hbond substituents is 1. The van der Waals surface area contributed by atoms with Gasteiger partial charge in [-0.2, -0.15) is 0 Å². The SMILES string of the molecule is CC(C)C[C@H](NC(=O)[C@H](Cc1c[nH]c2ccccc12)NC(=O)[C@H](Cc1ccc(O)cc1)NC(=O)[C@H](CO)NC(=O)[C@@H]1CCCN1C(=O)[C@@H](Cc1ccccc1)NC(=O)[C@@H]1CCC(=O)N1)C(=O)N[C@@H](CCCN=C(N)N)C(=O)N1CCC[C@H]1C(=O)NCC(N)=O. The lowest BCUT2D eigenvalue weighted by Crippen LogP contribution is -2.61. The first-order valence-electron chi connectivity index (χ1n) is 29.9. The first-order valence-corrected chi connectivity index (χ1v) is 29.9. The number of primary amides is 1. The zero-order valence-electron chi connectivity index (χ0n) is 49.8. The third-order valence-electron chi connectivity index (χ3n) is 15.8. The molecule has 478 valence electrons. The number of aliphatic hydroxyl groups excluding tert-OH is 1. The Morgan fingerprint density at radius 1 is 0.629 bits per heavy atom. The molecule has 7 rings (SSSR count). The first kappa shape index (κ1) is 66.9. The molecule has 0 bridgehead atoms. The molecule has 4 heterocycles. The molecule has 0 radical (unpaired) electrons. The van der Waals surface area contributed by atoms with Gasteiger partial charge in [0.2, 0.25) is 65.0 Å². The molecule has 28 heteroatoms. The van der Waals surface area contributed by atoms with Crippen molar-refractivity contribution in [1.82, 2.24) is 57.3 Å². The average Bonchev–Trinajstić information content (AvgIpc) is 2.18. The van der Waals surface area contributed by atoms with E-state index in [2.05, 4.69) is 52.5 Å². The predicted octanol–water partition coefficient (Wildman–Crippen LogP) is -2.24. The van der Waals surface area contributed by atoms with E-state index in [1.54, 1.807) is 54.7 Å². The lowest BCUT2D eigenvalue weighted by atomic mass is 9.99. The number of amides is 11. The molecule has 0 saturated carbocycles. The minimum atomic E-state index is -1.70. The number of H-pyrrole nitrogens is 1. The Labute approximate surface area is 514 Å². The van der Waals surface area contributed by atoms with Crippen LogP contribution in [0.4, 0.5) is 0 Å². The molecule has 3 saturated heterocycles. The first-order chi connectivity index (χ1) is 42.6. The second-order valence-electron chi connectivity index (χ2n) is 23.0. The van der Waals surface area contributed by atoms with E-state index in [4.69, 9.17) is 17.2 Å². The number of benzene rings is 3. The maximum Gasteiger partial charge on any atom is 0.246 e. The third-order valence-corrected chi connectivity index (χ3v) is 15.8. The van der Waals surface area contributed by atoms with Crippen molar-refractivity contribution in [2.75, 3.05) is 32.8 Å². The summed E-state index contributed by atoms with van der Waals surface area (Å²) < 4.78 is 0. The van der Waals surface area contributed by atoms with E-state index >= 15 is 0 Å². The van der Waals surface area contributed by atoms with Crippen LogP contribution < -0.4 is 59.7 Å². The third kappa shape index (κ3) is 18.9. The molecule has 0 unspecified atom stereocenters. The summed E-state index contributed by atoms with van der Waals surface area (Å²) in [5.41, 5.74) is 18.8. The smallest absolute Gasteiger partial charge is 0.246 e. The van der Waals surface area contributed by atoms with Crippen LogP contribution >= 0.6 is 0 Å². The van der Waals surface area contributed by atoms with Crippen molar-refractivity contribution < 1.29 is 63.0 Å². The standard InChI is InChI=1S/C61H81N15O13/c1-34(2)27-43(53(82)69-42(15-8-24-65-61(63)64)59(88)75-25-9-16-48(75)57(86)67-32-50(62)79)70-55(84)45(30-37-31-66-40-14-7-6-13-39(37)40)72-54(83)44(28-36-18-20-38(78)21-19-36)71-56(85)47(33-77)74-58(87)49-17-10-26-76(49)60(89)46(29-35-11-4-3-5-12-35)73-52(81)41-22-23-51(80)68-41/h3-7,11-14,18-21,31,34,41-49,66,77-78H,8-10,15-17,22-30,32-33H2,1-2H3,(H2,62,79)(H,67,86)(H,68,80)(H,69,82)(H,70,84)(H,71,85)(H,72,83)(H,73,81)(H,74,87)(H4,63,64,65)/t41-,42-,43-,44-,45-,46+,47-,48-,49-/m0/s1. The Kier molecular flexibility index (Phi) is 24.0. The number of para-hydroxylation sites is 1. The van der Waals surface area contributed by atoms with Crippen molar-refractivity contribution in [2.45, 2.75) is 145 Å². The summed E-state index contributed by atoms with van der Waals surface area (Å²) >= 11 is 0. The minimum absolute atomic E-state index is 0.00330. The van der Waals surface area contributed by atoms with Crippen LogP contribution in [0.1, 0.15) is 88.3 Å². The molecule has 3 fully saturated rings. The molecule has 1 aromatic heterocycles. The molecule has 3 aliphatic heterocycles. The van der Waals surface area contributed by atoms with E-state index in [1.165, 1.54) is 34.1 Å². The number of rotatable bonds is 30. The monoisotopic (exact) mass is 1230 g/mol. The van der Waals surface area contributed by atoms with E-state index in [-0.39, 0.29) is 107 Å². The number of nitrogens with two attached hydrogens (primary N) is 3. The second-order valence-corrected chi connectivity index (χ2v) is 23.0. The Morgan fingerprint density at radius 3 is 1.80 bits per heavy atom. The van der Waals surface area contributed by atoms with Gasteiger partial charge in [0.15, 0.2) is 5.96 Å². The maximum absolute atomic E-state index is 15.0. The minimum Gasteiger partial charge on any atom is -0.508 e. The van der Waals surface area contributed by atoms with Crippen molar-refractivity contribution in [3.05, 3.63) is 102 Å². The van der Waals surface area contributed by atoms with Gasteiger partial charge in [0.05, 0.1) is 13.2 Å². The van der Waals surface area contributed by atoms with Crippen molar-refractivity contribution in [3.63, 3.8) is 0 Å². The number of fused-ring (bicyclic) bond motifs is 1. The number of aromatic nitrogens is 1. The Balaban J connectivity index is 1.11. The molecule has 89 heavy (non-hydrogen) atoms. The summed E-state index contributed by atoms with van der Waals surface area (Å²) in [6, 6.07) is 10.4. The quantitative estimate of drug-likeness (QED) is 0.0149. The summed E-state index contributed by atoms with van der Waals surface area (Å²) in [4.78, 5) is 162. The number of aromatic hydroxyl groups is 1. The molecule has 11 amide bonds. The van der Waals surface area contributed by atoms with Crippen LogP contribution in [0.5, 0.6) is 5.75 Å². The summed E-state index contributed by atoms with van der Waals surface area (Å²) in [5.74, 6) is -8.33. The van der Waals surface area contributed by atoms with Crippen LogP contribution in [0, 0.1) is 5.92 Å². The summed E-state index contributed by atoms with van der Waals surface area (Å²) in [6.07, 6.45) is 3.17. The number of nitrogens with zero attached hydrogens (tertiary/aromatic N) is 3. The number of aromatic amines is 1. The highest BCUT2D eigenvalue weighted by atomic mass is 16.3. The van der Waals surface area contributed by atoms with Crippen LogP contribution in [0.2, 0.25) is 0 Å². The molecule has 9 atom stereocenters.